The van der Waals surface area contributed by atoms with E-state index in [0.717, 1.165) is 0 Å². The highest BCUT2D eigenvalue weighted by molar-refractivity contribution is 6.02. The fourth-order valence-electron chi connectivity index (χ4n) is 2.73. The second kappa shape index (κ2) is 13.2. The maximum atomic E-state index is 11.8. The van der Waals surface area contributed by atoms with Gasteiger partial charge in [0.05, 0.1) is 34.3 Å². The molecule has 3 atom stereocenters. The zero-order valence-corrected chi connectivity index (χ0v) is 19.8. The van der Waals surface area contributed by atoms with Gasteiger partial charge < -0.3 is 34.5 Å². The first kappa shape index (κ1) is 28.8. The van der Waals surface area contributed by atoms with E-state index in [4.69, 9.17) is 20.6 Å². The number of quaternary nitrogens is 1. The molecule has 31 heavy (non-hydrogen) atoms. The van der Waals surface area contributed by atoms with Crippen molar-refractivity contribution in [3.63, 3.8) is 0 Å². The fourth-order valence-corrected chi connectivity index (χ4v) is 2.73. The molecule has 0 aromatic rings. The molecular formula is C20H39N5O6. The summed E-state index contributed by atoms with van der Waals surface area (Å²) in [7, 11) is 7.53. The fraction of sp³-hybridized carbons (Fsp3) is 0.800. The van der Waals surface area contributed by atoms with E-state index in [9.17, 15) is 19.5 Å². The summed E-state index contributed by atoms with van der Waals surface area (Å²) in [6, 6.07) is -0.650. The van der Waals surface area contributed by atoms with Crippen molar-refractivity contribution in [2.24, 2.45) is 11.7 Å². The van der Waals surface area contributed by atoms with Crippen LogP contribution in [0.15, 0.2) is 0 Å². The number of esters is 1. The maximum Gasteiger partial charge on any atom is 0.323 e. The van der Waals surface area contributed by atoms with Crippen molar-refractivity contribution >= 4 is 23.8 Å². The number of rotatable bonds is 11. The quantitative estimate of drug-likeness (QED) is 0.256. The molecule has 0 aliphatic carbocycles. The van der Waals surface area contributed by atoms with Crippen LogP contribution in [-0.4, -0.2) is 99.3 Å². The Labute approximate surface area is 184 Å². The van der Waals surface area contributed by atoms with Crippen molar-refractivity contribution < 1.29 is 33.4 Å². The monoisotopic (exact) mass is 445 g/mol. The summed E-state index contributed by atoms with van der Waals surface area (Å²) in [4.78, 5) is 34.6. The summed E-state index contributed by atoms with van der Waals surface area (Å²) in [5, 5.41) is 20.1. The number of guanidine groups is 1. The van der Waals surface area contributed by atoms with Gasteiger partial charge in [-0.3, -0.25) is 20.3 Å². The normalized spacial score (nSPS) is 16.9. The van der Waals surface area contributed by atoms with Gasteiger partial charge in [0.15, 0.2) is 5.96 Å². The summed E-state index contributed by atoms with van der Waals surface area (Å²) >= 11 is 0. The Kier molecular flexibility index (Phi) is 12.3. The van der Waals surface area contributed by atoms with Gasteiger partial charge in [-0.15, -0.1) is 0 Å². The Balaban J connectivity index is 0.000000929. The van der Waals surface area contributed by atoms with Crippen molar-refractivity contribution in [1.29, 1.82) is 5.41 Å². The van der Waals surface area contributed by atoms with Gasteiger partial charge in [0.25, 0.3) is 0 Å². The standard InChI is InChI=1S/C16H32N2O5.C4H7N3O/c1-11(2)7-14(17)16(21)23-12(3)10-22-13(8-15(19)20)9-18(4,5)6;1-7-2-3(8)6-4(7)5/h11-14H,7-10,17H2,1-6H3;2H2,1H3,(H2,5,6,8)/t12?,13?,14-;/m0./s1. The van der Waals surface area contributed by atoms with Crippen LogP contribution in [-0.2, 0) is 23.9 Å². The van der Waals surface area contributed by atoms with Crippen molar-refractivity contribution in [3.05, 3.63) is 0 Å². The van der Waals surface area contributed by atoms with Crippen LogP contribution in [0.3, 0.4) is 0 Å². The Bertz CT molecular complexity index is 620. The minimum atomic E-state index is -1.16. The maximum absolute atomic E-state index is 11.8. The van der Waals surface area contributed by atoms with E-state index in [1.54, 1.807) is 18.9 Å². The third kappa shape index (κ3) is 14.4. The average molecular weight is 446 g/mol. The Morgan fingerprint density at radius 3 is 2.23 bits per heavy atom. The zero-order chi connectivity index (χ0) is 24.4. The molecular weight excluding hydrogens is 406 g/mol. The molecule has 180 valence electrons. The minimum absolute atomic E-state index is 0.0995. The summed E-state index contributed by atoms with van der Waals surface area (Å²) in [5.41, 5.74) is 5.77. The first-order valence-electron chi connectivity index (χ1n) is 10.3. The summed E-state index contributed by atoms with van der Waals surface area (Å²) in [5.74, 6) is -1.22. The Morgan fingerprint density at radius 2 is 1.87 bits per heavy atom. The minimum Gasteiger partial charge on any atom is -0.550 e. The molecule has 1 heterocycles. The van der Waals surface area contributed by atoms with E-state index in [-0.39, 0.29) is 24.9 Å². The molecule has 0 bridgehead atoms. The van der Waals surface area contributed by atoms with Crippen LogP contribution in [0, 0.1) is 11.3 Å². The lowest BCUT2D eigenvalue weighted by Gasteiger charge is -2.30. The molecule has 0 spiro atoms. The molecule has 1 aliphatic heterocycles. The van der Waals surface area contributed by atoms with E-state index in [2.05, 4.69) is 5.32 Å². The third-order valence-electron chi connectivity index (χ3n) is 4.08. The molecule has 1 aliphatic rings. The van der Waals surface area contributed by atoms with Crippen LogP contribution < -0.4 is 16.2 Å². The number of hydrogen-bond acceptors (Lipinski definition) is 8. The number of carbonyl (C=O) groups excluding carboxylic acids is 3. The van der Waals surface area contributed by atoms with Crippen LogP contribution in [0.25, 0.3) is 0 Å². The summed E-state index contributed by atoms with van der Waals surface area (Å²) in [6.45, 7) is 6.62. The highest BCUT2D eigenvalue weighted by Gasteiger charge is 2.23. The lowest BCUT2D eigenvalue weighted by Crippen LogP contribution is -2.45. The van der Waals surface area contributed by atoms with E-state index >= 15 is 0 Å². The molecule has 1 amide bonds. The van der Waals surface area contributed by atoms with Crippen LogP contribution in [0.5, 0.6) is 0 Å². The number of carbonyl (C=O) groups is 3. The van der Waals surface area contributed by atoms with Gasteiger partial charge in [0.1, 0.15) is 24.8 Å². The van der Waals surface area contributed by atoms with Crippen LogP contribution in [0.2, 0.25) is 0 Å². The molecule has 2 unspecified atom stereocenters. The summed E-state index contributed by atoms with van der Waals surface area (Å²) in [6.07, 6.45) is -0.618. The van der Waals surface area contributed by atoms with E-state index in [1.165, 1.54) is 0 Å². The second-order valence-corrected chi connectivity index (χ2v) is 9.24. The van der Waals surface area contributed by atoms with Crippen LogP contribution in [0.1, 0.15) is 33.6 Å². The lowest BCUT2D eigenvalue weighted by atomic mass is 10.1. The number of ether oxygens (including phenoxy) is 2. The highest BCUT2D eigenvalue weighted by atomic mass is 16.6. The van der Waals surface area contributed by atoms with Gasteiger partial charge in [0, 0.05) is 19.4 Å². The van der Waals surface area contributed by atoms with Gasteiger partial charge in [-0.05, 0) is 19.3 Å². The van der Waals surface area contributed by atoms with Gasteiger partial charge >= 0.3 is 5.97 Å². The zero-order valence-electron chi connectivity index (χ0n) is 19.8. The number of carboxylic acid groups (broad SMARTS) is 1. The van der Waals surface area contributed by atoms with Crippen molar-refractivity contribution in [2.75, 3.05) is 47.9 Å². The molecule has 11 nitrogen and oxygen atoms in total. The van der Waals surface area contributed by atoms with Gasteiger partial charge in [0.2, 0.25) is 5.91 Å². The molecule has 0 aromatic heterocycles. The molecule has 1 rings (SSSR count). The summed E-state index contributed by atoms with van der Waals surface area (Å²) < 4.78 is 11.4. The third-order valence-corrected chi connectivity index (χ3v) is 4.08. The van der Waals surface area contributed by atoms with E-state index in [1.807, 2.05) is 35.0 Å². The van der Waals surface area contributed by atoms with Crippen molar-refractivity contribution in [2.45, 2.75) is 51.9 Å². The number of nitrogens with one attached hydrogen (secondary N) is 2. The highest BCUT2D eigenvalue weighted by Crippen LogP contribution is 2.08. The van der Waals surface area contributed by atoms with Gasteiger partial charge in [-0.25, -0.2) is 0 Å². The Morgan fingerprint density at radius 1 is 1.29 bits per heavy atom. The van der Waals surface area contributed by atoms with Crippen LogP contribution >= 0.6 is 0 Å². The average Bonchev–Trinajstić information content (AvgIpc) is 2.86. The molecule has 0 saturated carbocycles. The van der Waals surface area contributed by atoms with E-state index < -0.39 is 30.2 Å². The number of likely N-dealkylation sites (N-methyl/N-ethyl adjacent to an activating group) is 2. The number of nitrogens with zero attached hydrogens (tertiary/aromatic N) is 2. The first-order chi connectivity index (χ1) is 14.1. The predicted octanol–water partition coefficient (Wildman–Crippen LogP) is -1.49. The number of nitrogens with two attached hydrogens (primary N) is 1. The van der Waals surface area contributed by atoms with Gasteiger partial charge in [-0.1, -0.05) is 13.8 Å². The first-order valence-corrected chi connectivity index (χ1v) is 10.3. The van der Waals surface area contributed by atoms with Crippen LogP contribution in [0.4, 0.5) is 0 Å². The molecule has 11 heteroatoms. The smallest absolute Gasteiger partial charge is 0.323 e. The topological polar surface area (TPSA) is 158 Å². The lowest BCUT2D eigenvalue weighted by molar-refractivity contribution is -0.873. The van der Waals surface area contributed by atoms with Gasteiger partial charge in [-0.2, -0.15) is 0 Å². The van der Waals surface area contributed by atoms with E-state index in [0.29, 0.717) is 29.9 Å². The number of carboxylic acids is 1. The number of aliphatic carboxylic acids is 1. The molecule has 1 saturated heterocycles. The molecule has 4 N–H and O–H groups in total. The SMILES string of the molecule is CC(C)C[C@H](N)C(=O)OC(C)COC(CC(=O)[O-])C[N+](C)(C)C.CN1CC(=O)NC1=N. The number of hydrogen-bond donors (Lipinski definition) is 3. The predicted molar refractivity (Wildman–Crippen MR) is 114 cm³/mol. The number of amides is 1. The molecule has 0 aromatic carbocycles. The largest absolute Gasteiger partial charge is 0.550 e. The van der Waals surface area contributed by atoms with Crippen molar-refractivity contribution in [3.8, 4) is 0 Å². The van der Waals surface area contributed by atoms with Crippen molar-refractivity contribution in [1.82, 2.24) is 10.2 Å². The Hall–Kier alpha value is -2.24. The molecule has 0 radical (unpaired) electrons. The second-order valence-electron chi connectivity index (χ2n) is 9.24. The molecule has 1 fully saturated rings.